The van der Waals surface area contributed by atoms with Crippen LogP contribution in [0.3, 0.4) is 0 Å². The lowest BCUT2D eigenvalue weighted by Gasteiger charge is -2.44. The minimum atomic E-state index is -0.991. The molecule has 0 bridgehead atoms. The summed E-state index contributed by atoms with van der Waals surface area (Å²) in [5, 5.41) is 12.0. The summed E-state index contributed by atoms with van der Waals surface area (Å²) in [6.45, 7) is 0. The first-order valence-electron chi connectivity index (χ1n) is 8.26. The van der Waals surface area contributed by atoms with Gasteiger partial charge in [0.05, 0.1) is 19.0 Å². The number of amides is 2. The van der Waals surface area contributed by atoms with E-state index in [2.05, 4.69) is 5.32 Å². The molecule has 1 aromatic rings. The molecule has 8 nitrogen and oxygen atoms in total. The number of nitrogens with one attached hydrogen (secondary N) is 1. The van der Waals surface area contributed by atoms with Gasteiger partial charge in [0.2, 0.25) is 5.91 Å². The van der Waals surface area contributed by atoms with Crippen LogP contribution >= 0.6 is 23.5 Å². The van der Waals surface area contributed by atoms with E-state index in [0.717, 1.165) is 0 Å². The Morgan fingerprint density at radius 3 is 2.37 bits per heavy atom. The normalized spacial score (nSPS) is 27.4. The number of benzene rings is 1. The monoisotopic (exact) mass is 410 g/mol. The molecule has 3 saturated heterocycles. The fraction of sp³-hybridized carbons (Fsp3) is 0.471. The third-order valence-electron chi connectivity index (χ3n) is 5.08. The van der Waals surface area contributed by atoms with Crippen molar-refractivity contribution in [3.63, 3.8) is 0 Å². The lowest BCUT2D eigenvalue weighted by Crippen LogP contribution is -2.71. The average molecular weight is 410 g/mol. The van der Waals surface area contributed by atoms with Gasteiger partial charge in [-0.15, -0.1) is 11.8 Å². The Labute approximate surface area is 163 Å². The summed E-state index contributed by atoms with van der Waals surface area (Å²) in [4.78, 5) is 38.6. The molecule has 0 aliphatic carbocycles. The molecule has 0 saturated carbocycles. The van der Waals surface area contributed by atoms with E-state index in [1.807, 2.05) is 0 Å². The van der Waals surface area contributed by atoms with Crippen LogP contribution in [0.4, 0.5) is 0 Å². The highest BCUT2D eigenvalue weighted by molar-refractivity contribution is 8.08. The largest absolute Gasteiger partial charge is 0.496 e. The van der Waals surface area contributed by atoms with Gasteiger partial charge in [0.15, 0.2) is 0 Å². The number of fused-ring (bicyclic) bond motifs is 1. The van der Waals surface area contributed by atoms with Crippen molar-refractivity contribution < 1.29 is 29.0 Å². The third-order valence-corrected chi connectivity index (χ3v) is 8.61. The van der Waals surface area contributed by atoms with E-state index in [1.54, 1.807) is 30.0 Å². The number of hydrogen-bond donors (Lipinski definition) is 2. The maximum absolute atomic E-state index is 12.8. The van der Waals surface area contributed by atoms with Gasteiger partial charge in [-0.3, -0.25) is 9.59 Å². The Morgan fingerprint density at radius 1 is 1.26 bits per heavy atom. The van der Waals surface area contributed by atoms with Gasteiger partial charge >= 0.3 is 5.97 Å². The number of carboxylic acids is 1. The molecule has 3 aliphatic rings. The van der Waals surface area contributed by atoms with Crippen LogP contribution in [0.5, 0.6) is 11.5 Å². The number of rotatable bonds is 5. The van der Waals surface area contributed by atoms with Crippen LogP contribution in [-0.2, 0) is 9.59 Å². The minimum Gasteiger partial charge on any atom is -0.496 e. The van der Waals surface area contributed by atoms with Gasteiger partial charge in [0, 0.05) is 11.5 Å². The van der Waals surface area contributed by atoms with Crippen LogP contribution in [0.1, 0.15) is 10.4 Å². The summed E-state index contributed by atoms with van der Waals surface area (Å²) in [7, 11) is 2.90. The summed E-state index contributed by atoms with van der Waals surface area (Å²) < 4.78 is 10.0. The second kappa shape index (κ2) is 6.52. The second-order valence-corrected chi connectivity index (χ2v) is 9.06. The number of aliphatic carboxylic acids is 1. The zero-order chi connectivity index (χ0) is 19.3. The lowest BCUT2D eigenvalue weighted by molar-refractivity contribution is -0.159. The maximum Gasteiger partial charge on any atom is 0.327 e. The number of hydrogen-bond acceptors (Lipinski definition) is 7. The van der Waals surface area contributed by atoms with Crippen molar-refractivity contribution in [3.05, 3.63) is 23.8 Å². The molecule has 0 aromatic heterocycles. The quantitative estimate of drug-likeness (QED) is 0.682. The molecule has 1 aromatic carbocycles. The summed E-state index contributed by atoms with van der Waals surface area (Å²) in [5.74, 6) is 0.213. The standard InChI is InChI=1S/C17H18N2O6S2/c1-24-8-4-3-5-9(25-2)10(8)13(20)18-11-14(21)19-12(16(22)23)17(6-26-7-17)27-15(11)19/h3-5,11-12,15H,6-7H2,1-2H3,(H,18,20)(H,22,23)/t11?,12?,15-/m0/s1. The highest BCUT2D eigenvalue weighted by atomic mass is 32.2. The second-order valence-electron chi connectivity index (χ2n) is 6.54. The summed E-state index contributed by atoms with van der Waals surface area (Å²) in [6, 6.07) is 3.38. The van der Waals surface area contributed by atoms with E-state index in [0.29, 0.717) is 23.0 Å². The fourth-order valence-electron chi connectivity index (χ4n) is 3.74. The fourth-order valence-corrected chi connectivity index (χ4v) is 7.19. The number of carbonyl (C=O) groups is 3. The summed E-state index contributed by atoms with van der Waals surface area (Å²) in [6.07, 6.45) is 0. The molecule has 10 heteroatoms. The molecule has 3 atom stereocenters. The van der Waals surface area contributed by atoms with E-state index in [-0.39, 0.29) is 16.8 Å². The maximum atomic E-state index is 12.8. The molecule has 4 rings (SSSR count). The number of carboxylic acid groups (broad SMARTS) is 1. The zero-order valence-corrected chi connectivity index (χ0v) is 16.3. The van der Waals surface area contributed by atoms with E-state index in [9.17, 15) is 19.5 Å². The minimum absolute atomic E-state index is 0.209. The predicted octanol–water partition coefficient (Wildman–Crippen LogP) is 0.656. The molecular weight excluding hydrogens is 392 g/mol. The van der Waals surface area contributed by atoms with Crippen LogP contribution in [0.2, 0.25) is 0 Å². The van der Waals surface area contributed by atoms with Gasteiger partial charge in [0.25, 0.3) is 5.91 Å². The summed E-state index contributed by atoms with van der Waals surface area (Å²) >= 11 is 3.15. The number of ether oxygens (including phenoxy) is 2. The van der Waals surface area contributed by atoms with Crippen LogP contribution in [0, 0.1) is 0 Å². The molecule has 2 unspecified atom stereocenters. The Balaban J connectivity index is 1.56. The van der Waals surface area contributed by atoms with Crippen molar-refractivity contribution in [1.82, 2.24) is 10.2 Å². The zero-order valence-electron chi connectivity index (χ0n) is 14.6. The topological polar surface area (TPSA) is 105 Å². The number of β-lactam (4-membered cyclic amide) rings is 1. The highest BCUT2D eigenvalue weighted by Crippen LogP contribution is 2.57. The molecule has 27 heavy (non-hydrogen) atoms. The summed E-state index contributed by atoms with van der Waals surface area (Å²) in [5.41, 5.74) is 0.209. The highest BCUT2D eigenvalue weighted by Gasteiger charge is 2.69. The Morgan fingerprint density at radius 2 is 1.89 bits per heavy atom. The first-order valence-corrected chi connectivity index (χ1v) is 10.3. The van der Waals surface area contributed by atoms with Crippen LogP contribution in [-0.4, -0.2) is 75.7 Å². The molecular formula is C17H18N2O6S2. The van der Waals surface area contributed by atoms with Gasteiger partial charge in [-0.05, 0) is 12.1 Å². The Hall–Kier alpha value is -2.07. The lowest BCUT2D eigenvalue weighted by atomic mass is 9.95. The Kier molecular flexibility index (Phi) is 4.42. The van der Waals surface area contributed by atoms with Crippen molar-refractivity contribution in [2.75, 3.05) is 25.7 Å². The SMILES string of the molecule is COc1cccc(OC)c1C(=O)NC1C(=O)N2C(C(=O)O)C3(CSC3)S[C@@H]12. The van der Waals surface area contributed by atoms with Gasteiger partial charge in [-0.2, -0.15) is 11.8 Å². The van der Waals surface area contributed by atoms with Crippen LogP contribution in [0.25, 0.3) is 0 Å². The van der Waals surface area contributed by atoms with Crippen LogP contribution < -0.4 is 14.8 Å². The molecule has 1 spiro atoms. The predicted molar refractivity (Wildman–Crippen MR) is 101 cm³/mol. The number of methoxy groups -OCH3 is 2. The number of nitrogens with zero attached hydrogens (tertiary/aromatic N) is 1. The van der Waals surface area contributed by atoms with E-state index < -0.39 is 28.7 Å². The van der Waals surface area contributed by atoms with Gasteiger partial charge in [-0.25, -0.2) is 4.79 Å². The van der Waals surface area contributed by atoms with E-state index in [1.165, 1.54) is 30.9 Å². The first-order chi connectivity index (χ1) is 12.9. The molecule has 3 aliphatic heterocycles. The molecule has 2 amide bonds. The number of carbonyl (C=O) groups excluding carboxylic acids is 2. The Bertz CT molecular complexity index is 805. The average Bonchev–Trinajstić information content (AvgIpc) is 2.98. The van der Waals surface area contributed by atoms with Gasteiger partial charge in [-0.1, -0.05) is 6.07 Å². The number of thioether (sulfide) groups is 2. The van der Waals surface area contributed by atoms with Crippen molar-refractivity contribution in [1.29, 1.82) is 0 Å². The van der Waals surface area contributed by atoms with Crippen molar-refractivity contribution in [3.8, 4) is 11.5 Å². The van der Waals surface area contributed by atoms with Gasteiger partial charge in [0.1, 0.15) is 34.5 Å². The van der Waals surface area contributed by atoms with Crippen molar-refractivity contribution in [2.24, 2.45) is 0 Å². The molecule has 2 N–H and O–H groups in total. The smallest absolute Gasteiger partial charge is 0.327 e. The van der Waals surface area contributed by atoms with Crippen molar-refractivity contribution >= 4 is 41.3 Å². The van der Waals surface area contributed by atoms with E-state index >= 15 is 0 Å². The van der Waals surface area contributed by atoms with Gasteiger partial charge < -0.3 is 24.8 Å². The third kappa shape index (κ3) is 2.57. The first kappa shape index (κ1) is 18.3. The van der Waals surface area contributed by atoms with Crippen LogP contribution in [0.15, 0.2) is 18.2 Å². The molecule has 0 radical (unpaired) electrons. The van der Waals surface area contributed by atoms with E-state index in [4.69, 9.17) is 9.47 Å². The molecule has 144 valence electrons. The molecule has 3 fully saturated rings. The molecule has 3 heterocycles. The van der Waals surface area contributed by atoms with Crippen molar-refractivity contribution in [2.45, 2.75) is 22.2 Å².